The summed E-state index contributed by atoms with van der Waals surface area (Å²) in [4.78, 5) is 15.0. The number of nitrogens with one attached hydrogen (secondary N) is 1. The first kappa shape index (κ1) is 10.7. The van der Waals surface area contributed by atoms with Crippen LogP contribution in [0.3, 0.4) is 0 Å². The van der Waals surface area contributed by atoms with E-state index < -0.39 is 0 Å². The molecule has 0 bridgehead atoms. The lowest BCUT2D eigenvalue weighted by Crippen LogP contribution is -2.21. The van der Waals surface area contributed by atoms with Crippen molar-refractivity contribution < 1.29 is 4.79 Å². The molecule has 3 N–H and O–H groups in total. The van der Waals surface area contributed by atoms with Crippen molar-refractivity contribution in [3.05, 3.63) is 11.8 Å². The Kier molecular flexibility index (Phi) is 4.76. The van der Waals surface area contributed by atoms with Crippen molar-refractivity contribution in [1.82, 2.24) is 5.32 Å². The lowest BCUT2D eigenvalue weighted by atomic mass is 10.3. The maximum Gasteiger partial charge on any atom is 0.254 e. The van der Waals surface area contributed by atoms with Gasteiger partial charge in [-0.1, -0.05) is 0 Å². The summed E-state index contributed by atoms with van der Waals surface area (Å²) in [6, 6.07) is 0.171. The Morgan fingerprint density at radius 3 is 2.50 bits per heavy atom. The van der Waals surface area contributed by atoms with Crippen LogP contribution in [-0.4, -0.2) is 25.2 Å². The summed E-state index contributed by atoms with van der Waals surface area (Å²) in [7, 11) is 1.55. The lowest BCUT2D eigenvalue weighted by Gasteiger charge is -1.99. The summed E-state index contributed by atoms with van der Waals surface area (Å²) in [5.74, 6) is -0.220. The molecule has 0 radical (unpaired) electrons. The molecule has 0 spiro atoms. The maximum atomic E-state index is 11.0. The van der Waals surface area contributed by atoms with Crippen LogP contribution in [0.25, 0.3) is 0 Å². The van der Waals surface area contributed by atoms with Crippen LogP contribution in [-0.2, 0) is 4.79 Å². The van der Waals surface area contributed by atoms with Gasteiger partial charge in [-0.05, 0) is 13.8 Å². The van der Waals surface area contributed by atoms with Gasteiger partial charge < -0.3 is 11.1 Å². The number of likely N-dealkylation sites (N-methyl/N-ethyl adjacent to an activating group) is 1. The number of hydrogen-bond donors (Lipinski definition) is 2. The summed E-state index contributed by atoms with van der Waals surface area (Å²) in [5.41, 5.74) is 5.60. The minimum atomic E-state index is -0.220. The van der Waals surface area contributed by atoms with Crippen molar-refractivity contribution in [3.63, 3.8) is 0 Å². The standard InChI is InChI=1S/C8H15N3O/c1-6(2)11-5-7(4-9)8(12)10-3/h4-6H,9H2,1-3H3,(H,10,12)/b7-4+,11-5?. The Morgan fingerprint density at radius 2 is 2.17 bits per heavy atom. The molecule has 0 aromatic rings. The average Bonchev–Trinajstić information content (AvgIpc) is 2.04. The second-order valence-corrected chi connectivity index (χ2v) is 2.57. The minimum absolute atomic E-state index is 0.171. The second kappa shape index (κ2) is 5.35. The molecular weight excluding hydrogens is 154 g/mol. The number of nitrogens with two attached hydrogens (primary N) is 1. The topological polar surface area (TPSA) is 67.5 Å². The van der Waals surface area contributed by atoms with Crippen molar-refractivity contribution in [3.8, 4) is 0 Å². The summed E-state index contributed by atoms with van der Waals surface area (Å²) >= 11 is 0. The summed E-state index contributed by atoms with van der Waals surface area (Å²) in [5, 5.41) is 2.46. The Morgan fingerprint density at radius 1 is 1.58 bits per heavy atom. The van der Waals surface area contributed by atoms with Crippen molar-refractivity contribution in [2.24, 2.45) is 10.7 Å². The van der Waals surface area contributed by atoms with Gasteiger partial charge in [0.15, 0.2) is 0 Å². The summed E-state index contributed by atoms with van der Waals surface area (Å²) < 4.78 is 0. The van der Waals surface area contributed by atoms with Crippen molar-refractivity contribution in [2.75, 3.05) is 7.05 Å². The first-order chi connectivity index (χ1) is 5.61. The molecule has 0 atom stereocenters. The first-order valence-corrected chi connectivity index (χ1v) is 3.79. The molecule has 4 nitrogen and oxygen atoms in total. The van der Waals surface area contributed by atoms with Gasteiger partial charge in [-0.3, -0.25) is 9.79 Å². The Bertz CT molecular complexity index is 206. The van der Waals surface area contributed by atoms with Gasteiger partial charge in [0.1, 0.15) is 0 Å². The molecule has 0 saturated heterocycles. The highest BCUT2D eigenvalue weighted by Gasteiger charge is 2.02. The SMILES string of the molecule is CNC(=O)/C(C=NC(C)C)=C/N. The highest BCUT2D eigenvalue weighted by molar-refractivity contribution is 6.11. The Balaban J connectivity index is 4.30. The molecule has 0 rings (SSSR count). The van der Waals surface area contributed by atoms with Crippen LogP contribution in [0.1, 0.15) is 13.8 Å². The zero-order valence-corrected chi connectivity index (χ0v) is 7.66. The molecule has 68 valence electrons. The van der Waals surface area contributed by atoms with Gasteiger partial charge in [0.2, 0.25) is 0 Å². The van der Waals surface area contributed by atoms with E-state index >= 15 is 0 Å². The summed E-state index contributed by atoms with van der Waals surface area (Å²) in [6.45, 7) is 3.85. The number of nitrogens with zero attached hydrogens (tertiary/aromatic N) is 1. The predicted octanol–water partition coefficient (Wildman–Crippen LogP) is 0.0542. The quantitative estimate of drug-likeness (QED) is 0.463. The van der Waals surface area contributed by atoms with E-state index in [9.17, 15) is 4.79 Å². The van der Waals surface area contributed by atoms with E-state index in [4.69, 9.17) is 5.73 Å². The van der Waals surface area contributed by atoms with Gasteiger partial charge in [-0.25, -0.2) is 0 Å². The van der Waals surface area contributed by atoms with Crippen LogP contribution in [0, 0.1) is 0 Å². The third-order valence-electron chi connectivity index (χ3n) is 1.18. The monoisotopic (exact) mass is 169 g/mol. The van der Waals surface area contributed by atoms with E-state index in [1.165, 1.54) is 12.4 Å². The minimum Gasteiger partial charge on any atom is -0.404 e. The van der Waals surface area contributed by atoms with Gasteiger partial charge in [0, 0.05) is 25.5 Å². The molecule has 0 saturated carbocycles. The highest BCUT2D eigenvalue weighted by Crippen LogP contribution is 1.90. The average molecular weight is 169 g/mol. The zero-order chi connectivity index (χ0) is 9.56. The fourth-order valence-electron chi connectivity index (χ4n) is 0.551. The smallest absolute Gasteiger partial charge is 0.254 e. The van der Waals surface area contributed by atoms with Gasteiger partial charge >= 0.3 is 0 Å². The number of amides is 1. The highest BCUT2D eigenvalue weighted by atomic mass is 16.1. The molecule has 0 aromatic carbocycles. The van der Waals surface area contributed by atoms with Crippen LogP contribution in [0.5, 0.6) is 0 Å². The Labute approximate surface area is 72.6 Å². The molecule has 0 heterocycles. The van der Waals surface area contributed by atoms with Gasteiger partial charge in [-0.15, -0.1) is 0 Å². The van der Waals surface area contributed by atoms with E-state index in [0.717, 1.165) is 0 Å². The maximum absolute atomic E-state index is 11.0. The molecule has 0 aliphatic carbocycles. The number of aliphatic imine (C=N–C) groups is 1. The number of carbonyl (C=O) groups excluding carboxylic acids is 1. The third-order valence-corrected chi connectivity index (χ3v) is 1.18. The zero-order valence-electron chi connectivity index (χ0n) is 7.66. The molecule has 0 fully saturated rings. The van der Waals surface area contributed by atoms with Crippen LogP contribution in [0.2, 0.25) is 0 Å². The molecular formula is C8H15N3O. The molecule has 4 heteroatoms. The van der Waals surface area contributed by atoms with Crippen LogP contribution < -0.4 is 11.1 Å². The fourth-order valence-corrected chi connectivity index (χ4v) is 0.551. The lowest BCUT2D eigenvalue weighted by molar-refractivity contribution is -0.116. The van der Waals surface area contributed by atoms with E-state index in [-0.39, 0.29) is 11.9 Å². The van der Waals surface area contributed by atoms with Crippen LogP contribution >= 0.6 is 0 Å². The molecule has 0 aromatic heterocycles. The van der Waals surface area contributed by atoms with Gasteiger partial charge in [0.05, 0.1) is 5.57 Å². The van der Waals surface area contributed by atoms with Crippen LogP contribution in [0.4, 0.5) is 0 Å². The van der Waals surface area contributed by atoms with E-state index in [0.29, 0.717) is 5.57 Å². The molecule has 0 aliphatic rings. The molecule has 1 amide bonds. The van der Waals surface area contributed by atoms with Crippen molar-refractivity contribution in [2.45, 2.75) is 19.9 Å². The van der Waals surface area contributed by atoms with Gasteiger partial charge in [0.25, 0.3) is 5.91 Å². The number of hydrogen-bond acceptors (Lipinski definition) is 3. The van der Waals surface area contributed by atoms with E-state index in [2.05, 4.69) is 10.3 Å². The van der Waals surface area contributed by atoms with Crippen molar-refractivity contribution in [1.29, 1.82) is 0 Å². The first-order valence-electron chi connectivity index (χ1n) is 3.79. The largest absolute Gasteiger partial charge is 0.404 e. The number of rotatable bonds is 3. The number of carbonyl (C=O) groups is 1. The third kappa shape index (κ3) is 3.75. The molecule has 0 unspecified atom stereocenters. The van der Waals surface area contributed by atoms with E-state index in [1.807, 2.05) is 13.8 Å². The summed E-state index contributed by atoms with van der Waals surface area (Å²) in [6.07, 6.45) is 2.72. The van der Waals surface area contributed by atoms with Crippen LogP contribution in [0.15, 0.2) is 16.8 Å². The fraction of sp³-hybridized carbons (Fsp3) is 0.500. The predicted molar refractivity (Wildman–Crippen MR) is 50.0 cm³/mol. The van der Waals surface area contributed by atoms with E-state index in [1.54, 1.807) is 7.05 Å². The normalized spacial score (nSPS) is 12.5. The Hall–Kier alpha value is -1.32. The second-order valence-electron chi connectivity index (χ2n) is 2.57. The van der Waals surface area contributed by atoms with Gasteiger partial charge in [-0.2, -0.15) is 0 Å². The van der Waals surface area contributed by atoms with Crippen molar-refractivity contribution >= 4 is 12.1 Å². The molecule has 12 heavy (non-hydrogen) atoms. The molecule has 0 aliphatic heterocycles.